The molecule has 1 heterocycles. The minimum absolute atomic E-state index is 0.0199. The SMILES string of the molecule is COc1ccc(CNC(=O)c2ccc3c(c2)C(=O)C(Cc2ccc(Cl)c(F)c2)C(=O)N3)cc1. The molecule has 168 valence electrons. The molecular formula is C25H20ClFN2O4. The summed E-state index contributed by atoms with van der Waals surface area (Å²) in [5.41, 5.74) is 2.24. The van der Waals surface area contributed by atoms with Crippen LogP contribution in [0.4, 0.5) is 10.1 Å². The molecule has 4 rings (SSSR count). The zero-order chi connectivity index (χ0) is 23.5. The number of Topliss-reactive ketones (excluding diaryl/α,β-unsaturated/α-hetero) is 1. The monoisotopic (exact) mass is 466 g/mol. The normalized spacial score (nSPS) is 14.9. The van der Waals surface area contributed by atoms with E-state index in [1.807, 2.05) is 12.1 Å². The van der Waals surface area contributed by atoms with Crippen molar-refractivity contribution in [2.45, 2.75) is 13.0 Å². The number of halogens is 2. The van der Waals surface area contributed by atoms with Crippen molar-refractivity contribution >= 4 is 34.9 Å². The number of benzene rings is 3. The van der Waals surface area contributed by atoms with E-state index >= 15 is 0 Å². The molecule has 1 aliphatic rings. The van der Waals surface area contributed by atoms with Gasteiger partial charge in [0.05, 0.1) is 17.8 Å². The molecule has 1 aliphatic heterocycles. The number of anilines is 1. The Bertz CT molecular complexity index is 1240. The van der Waals surface area contributed by atoms with Crippen molar-refractivity contribution in [3.05, 3.63) is 93.8 Å². The quantitative estimate of drug-likeness (QED) is 0.527. The van der Waals surface area contributed by atoms with Crippen molar-refractivity contribution < 1.29 is 23.5 Å². The van der Waals surface area contributed by atoms with Crippen molar-refractivity contribution in [1.82, 2.24) is 5.32 Å². The van der Waals surface area contributed by atoms with Gasteiger partial charge in [-0.25, -0.2) is 4.39 Å². The number of hydrogen-bond acceptors (Lipinski definition) is 4. The lowest BCUT2D eigenvalue weighted by atomic mass is 9.86. The molecule has 2 N–H and O–H groups in total. The molecule has 0 bridgehead atoms. The van der Waals surface area contributed by atoms with E-state index in [9.17, 15) is 18.8 Å². The predicted octanol–water partition coefficient (Wildman–Crippen LogP) is 4.41. The molecule has 0 saturated heterocycles. The first kappa shape index (κ1) is 22.5. The summed E-state index contributed by atoms with van der Waals surface area (Å²) in [5.74, 6) is -2.18. The summed E-state index contributed by atoms with van der Waals surface area (Å²) in [5, 5.41) is 5.48. The van der Waals surface area contributed by atoms with Crippen LogP contribution in [0.25, 0.3) is 0 Å². The van der Waals surface area contributed by atoms with Gasteiger partial charge in [0.25, 0.3) is 5.91 Å². The van der Waals surface area contributed by atoms with Crippen LogP contribution in [-0.4, -0.2) is 24.7 Å². The lowest BCUT2D eigenvalue weighted by Crippen LogP contribution is -2.37. The fourth-order valence-corrected chi connectivity index (χ4v) is 3.76. The van der Waals surface area contributed by atoms with Crippen LogP contribution in [0.15, 0.2) is 60.7 Å². The van der Waals surface area contributed by atoms with Crippen LogP contribution in [0.1, 0.15) is 31.8 Å². The maximum absolute atomic E-state index is 13.8. The van der Waals surface area contributed by atoms with Gasteiger partial charge >= 0.3 is 0 Å². The summed E-state index contributed by atoms with van der Waals surface area (Å²) >= 11 is 5.71. The van der Waals surface area contributed by atoms with Gasteiger partial charge in [0.15, 0.2) is 5.78 Å². The number of nitrogens with one attached hydrogen (secondary N) is 2. The Hall–Kier alpha value is -3.71. The molecule has 0 fully saturated rings. The van der Waals surface area contributed by atoms with E-state index in [2.05, 4.69) is 10.6 Å². The van der Waals surface area contributed by atoms with Crippen molar-refractivity contribution in [1.29, 1.82) is 0 Å². The average molecular weight is 467 g/mol. The molecule has 8 heteroatoms. The second kappa shape index (κ2) is 9.42. The number of carbonyl (C=O) groups excluding carboxylic acids is 3. The minimum atomic E-state index is -1.03. The molecule has 2 amide bonds. The van der Waals surface area contributed by atoms with Gasteiger partial charge in [0.1, 0.15) is 17.5 Å². The molecular weight excluding hydrogens is 447 g/mol. The summed E-state index contributed by atoms with van der Waals surface area (Å²) in [6.45, 7) is 0.301. The number of ether oxygens (including phenoxy) is 1. The highest BCUT2D eigenvalue weighted by Gasteiger charge is 2.34. The third-order valence-electron chi connectivity index (χ3n) is 5.47. The number of amides is 2. The van der Waals surface area contributed by atoms with Gasteiger partial charge in [0, 0.05) is 17.7 Å². The van der Waals surface area contributed by atoms with Crippen LogP contribution in [0.2, 0.25) is 5.02 Å². The second-order valence-electron chi connectivity index (χ2n) is 7.65. The molecule has 0 spiro atoms. The summed E-state index contributed by atoms with van der Waals surface area (Å²) in [6.07, 6.45) is 0.0199. The standard InChI is InChI=1S/C25H20ClFN2O4/c1-33-17-6-2-14(3-7-17)13-28-24(31)16-5-9-22-18(12-16)23(30)19(25(32)29-22)10-15-4-8-20(26)21(27)11-15/h2-9,11-12,19H,10,13H2,1H3,(H,28,31)(H,29,32). The van der Waals surface area contributed by atoms with Gasteiger partial charge in [-0.2, -0.15) is 0 Å². The molecule has 0 aliphatic carbocycles. The van der Waals surface area contributed by atoms with Crippen molar-refractivity contribution in [2.24, 2.45) is 5.92 Å². The topological polar surface area (TPSA) is 84.5 Å². The Labute approximate surface area is 194 Å². The van der Waals surface area contributed by atoms with Gasteiger partial charge in [-0.15, -0.1) is 0 Å². The van der Waals surface area contributed by atoms with E-state index < -0.39 is 23.4 Å². The maximum atomic E-state index is 13.8. The highest BCUT2D eigenvalue weighted by molar-refractivity contribution is 6.30. The number of fused-ring (bicyclic) bond motifs is 1. The van der Waals surface area contributed by atoms with Crippen LogP contribution < -0.4 is 15.4 Å². The molecule has 0 saturated carbocycles. The summed E-state index contributed by atoms with van der Waals surface area (Å²) in [4.78, 5) is 38.2. The lowest BCUT2D eigenvalue weighted by Gasteiger charge is -2.24. The molecule has 3 aromatic rings. The fraction of sp³-hybridized carbons (Fsp3) is 0.160. The fourth-order valence-electron chi connectivity index (χ4n) is 3.64. The third-order valence-corrected chi connectivity index (χ3v) is 5.78. The maximum Gasteiger partial charge on any atom is 0.251 e. The van der Waals surface area contributed by atoms with Crippen molar-refractivity contribution in [2.75, 3.05) is 12.4 Å². The molecule has 1 unspecified atom stereocenters. The summed E-state index contributed by atoms with van der Waals surface area (Å²) < 4.78 is 18.9. The number of rotatable bonds is 6. The summed E-state index contributed by atoms with van der Waals surface area (Å²) in [6, 6.07) is 16.0. The molecule has 0 aromatic heterocycles. The van der Waals surface area contributed by atoms with E-state index in [1.165, 1.54) is 24.3 Å². The Morgan fingerprint density at radius 2 is 1.79 bits per heavy atom. The number of methoxy groups -OCH3 is 1. The van der Waals surface area contributed by atoms with Gasteiger partial charge in [-0.1, -0.05) is 29.8 Å². The number of hydrogen-bond donors (Lipinski definition) is 2. The zero-order valence-electron chi connectivity index (χ0n) is 17.7. The van der Waals surface area contributed by atoms with E-state index in [1.54, 1.807) is 31.4 Å². The first-order chi connectivity index (χ1) is 15.9. The second-order valence-corrected chi connectivity index (χ2v) is 8.06. The largest absolute Gasteiger partial charge is 0.497 e. The van der Waals surface area contributed by atoms with Crippen LogP contribution in [0.5, 0.6) is 5.75 Å². The van der Waals surface area contributed by atoms with Gasteiger partial charge in [0.2, 0.25) is 5.91 Å². The van der Waals surface area contributed by atoms with E-state index in [-0.39, 0.29) is 22.9 Å². The molecule has 3 aromatic carbocycles. The van der Waals surface area contributed by atoms with Gasteiger partial charge in [-0.05, 0) is 60.0 Å². The van der Waals surface area contributed by atoms with Crippen LogP contribution in [0, 0.1) is 11.7 Å². The minimum Gasteiger partial charge on any atom is -0.497 e. The van der Waals surface area contributed by atoms with Gasteiger partial charge < -0.3 is 15.4 Å². The van der Waals surface area contributed by atoms with Crippen molar-refractivity contribution in [3.63, 3.8) is 0 Å². The van der Waals surface area contributed by atoms with Crippen LogP contribution in [0.3, 0.4) is 0 Å². The van der Waals surface area contributed by atoms with E-state index in [0.29, 0.717) is 23.4 Å². The van der Waals surface area contributed by atoms with Crippen molar-refractivity contribution in [3.8, 4) is 5.75 Å². The van der Waals surface area contributed by atoms with Gasteiger partial charge in [-0.3, -0.25) is 14.4 Å². The average Bonchev–Trinajstić information content (AvgIpc) is 2.82. The molecule has 1 atom stereocenters. The Kier molecular flexibility index (Phi) is 6.42. The smallest absolute Gasteiger partial charge is 0.251 e. The van der Waals surface area contributed by atoms with E-state index in [4.69, 9.17) is 16.3 Å². The third kappa shape index (κ3) is 4.88. The summed E-state index contributed by atoms with van der Waals surface area (Å²) in [7, 11) is 1.58. The Balaban J connectivity index is 1.49. The lowest BCUT2D eigenvalue weighted by molar-refractivity contribution is -0.118. The Morgan fingerprint density at radius 1 is 1.06 bits per heavy atom. The number of carbonyl (C=O) groups is 3. The van der Waals surface area contributed by atoms with Crippen LogP contribution >= 0.6 is 11.6 Å². The highest BCUT2D eigenvalue weighted by Crippen LogP contribution is 2.29. The molecule has 0 radical (unpaired) electrons. The first-order valence-electron chi connectivity index (χ1n) is 10.2. The molecule has 33 heavy (non-hydrogen) atoms. The first-order valence-corrected chi connectivity index (χ1v) is 10.6. The predicted molar refractivity (Wildman–Crippen MR) is 122 cm³/mol. The number of ketones is 1. The highest BCUT2D eigenvalue weighted by atomic mass is 35.5. The van der Waals surface area contributed by atoms with E-state index in [0.717, 1.165) is 11.3 Å². The molecule has 6 nitrogen and oxygen atoms in total. The Morgan fingerprint density at radius 3 is 2.48 bits per heavy atom. The van der Waals surface area contributed by atoms with Crippen LogP contribution in [-0.2, 0) is 17.8 Å². The zero-order valence-corrected chi connectivity index (χ0v) is 18.4.